The van der Waals surface area contributed by atoms with Gasteiger partial charge in [0.15, 0.2) is 5.65 Å². The number of nitrogens with zero attached hydrogens (tertiary/aromatic N) is 4. The number of hydrogen-bond acceptors (Lipinski definition) is 4. The smallest absolute Gasteiger partial charge is 0.338 e. The van der Waals surface area contributed by atoms with Gasteiger partial charge in [0.25, 0.3) is 0 Å². The Morgan fingerprint density at radius 2 is 2.38 bits per heavy atom. The van der Waals surface area contributed by atoms with Gasteiger partial charge in [0.05, 0.1) is 22.7 Å². The summed E-state index contributed by atoms with van der Waals surface area (Å²) in [4.78, 5) is 14.9. The summed E-state index contributed by atoms with van der Waals surface area (Å²) >= 11 is 0. The van der Waals surface area contributed by atoms with E-state index in [1.807, 2.05) is 13.0 Å². The summed E-state index contributed by atoms with van der Waals surface area (Å²) in [6, 6.07) is 1.88. The molecule has 2 aromatic heterocycles. The van der Waals surface area contributed by atoms with E-state index in [4.69, 9.17) is 10.4 Å². The van der Waals surface area contributed by atoms with Crippen molar-refractivity contribution in [3.8, 4) is 6.07 Å². The average Bonchev–Trinajstić information content (AvgIpc) is 2.70. The summed E-state index contributed by atoms with van der Waals surface area (Å²) in [5.41, 5.74) is 0.548. The standard InChI is InChI=1S/C10H8N4O2/c1-2-14-9-7(5-13-14)6(3-11)8(4-12-9)10(15)16/h4-5H,2H2,1H3,(H,15,16). The van der Waals surface area contributed by atoms with Gasteiger partial charge in [0, 0.05) is 12.7 Å². The Kier molecular flexibility index (Phi) is 2.29. The Morgan fingerprint density at radius 1 is 1.62 bits per heavy atom. The van der Waals surface area contributed by atoms with Gasteiger partial charge in [-0.3, -0.25) is 0 Å². The summed E-state index contributed by atoms with van der Waals surface area (Å²) in [6.07, 6.45) is 2.66. The van der Waals surface area contributed by atoms with Gasteiger partial charge < -0.3 is 5.11 Å². The minimum absolute atomic E-state index is 0.0920. The zero-order valence-electron chi connectivity index (χ0n) is 8.51. The molecule has 0 amide bonds. The van der Waals surface area contributed by atoms with Gasteiger partial charge in [-0.05, 0) is 6.92 Å². The van der Waals surface area contributed by atoms with Crippen LogP contribution in [0, 0.1) is 11.3 Å². The predicted molar refractivity (Wildman–Crippen MR) is 54.9 cm³/mol. The molecule has 0 radical (unpaired) electrons. The fourth-order valence-corrected chi connectivity index (χ4v) is 1.54. The SMILES string of the molecule is CCn1ncc2c(C#N)c(C(=O)O)cnc21. The van der Waals surface area contributed by atoms with Crippen LogP contribution >= 0.6 is 0 Å². The predicted octanol–water partition coefficient (Wildman–Crippen LogP) is 1.02. The van der Waals surface area contributed by atoms with Crippen molar-refractivity contribution in [1.29, 1.82) is 5.26 Å². The van der Waals surface area contributed by atoms with Crippen molar-refractivity contribution in [2.75, 3.05) is 0 Å². The Hall–Kier alpha value is -2.42. The number of carboxylic acids is 1. The normalized spacial score (nSPS) is 10.2. The molecule has 0 saturated heterocycles. The van der Waals surface area contributed by atoms with Gasteiger partial charge in [0.1, 0.15) is 6.07 Å². The number of aryl methyl sites for hydroxylation is 1. The van der Waals surface area contributed by atoms with E-state index in [1.54, 1.807) is 4.68 Å². The quantitative estimate of drug-likeness (QED) is 0.809. The summed E-state index contributed by atoms with van der Waals surface area (Å²) in [5.74, 6) is -1.16. The third-order valence-corrected chi connectivity index (χ3v) is 2.31. The van der Waals surface area contributed by atoms with Crippen molar-refractivity contribution in [1.82, 2.24) is 14.8 Å². The van der Waals surface area contributed by atoms with E-state index in [0.29, 0.717) is 17.6 Å². The van der Waals surface area contributed by atoms with Crippen LogP contribution in [-0.2, 0) is 6.54 Å². The van der Waals surface area contributed by atoms with Gasteiger partial charge in [-0.25, -0.2) is 14.5 Å². The molecule has 0 aliphatic heterocycles. The van der Waals surface area contributed by atoms with Crippen LogP contribution in [0.3, 0.4) is 0 Å². The molecule has 0 unspecified atom stereocenters. The lowest BCUT2D eigenvalue weighted by Gasteiger charge is -2.00. The summed E-state index contributed by atoms with van der Waals surface area (Å²) in [7, 11) is 0. The lowest BCUT2D eigenvalue weighted by atomic mass is 10.1. The number of aromatic carboxylic acids is 1. The van der Waals surface area contributed by atoms with E-state index in [9.17, 15) is 4.79 Å². The van der Waals surface area contributed by atoms with E-state index in [2.05, 4.69) is 10.1 Å². The molecule has 80 valence electrons. The second kappa shape index (κ2) is 3.62. The lowest BCUT2D eigenvalue weighted by Crippen LogP contribution is -2.03. The van der Waals surface area contributed by atoms with Crippen LogP contribution in [0.2, 0.25) is 0 Å². The van der Waals surface area contributed by atoms with Gasteiger partial charge in [-0.15, -0.1) is 0 Å². The van der Waals surface area contributed by atoms with Crippen LogP contribution in [-0.4, -0.2) is 25.8 Å². The maximum absolute atomic E-state index is 10.9. The highest BCUT2D eigenvalue weighted by molar-refractivity contribution is 5.97. The maximum atomic E-state index is 10.9. The molecule has 0 saturated carbocycles. The van der Waals surface area contributed by atoms with E-state index in [0.717, 1.165) is 0 Å². The number of fused-ring (bicyclic) bond motifs is 1. The first-order chi connectivity index (χ1) is 7.69. The fraction of sp³-hybridized carbons (Fsp3) is 0.200. The molecule has 0 aliphatic carbocycles. The first-order valence-corrected chi connectivity index (χ1v) is 4.67. The van der Waals surface area contributed by atoms with Crippen LogP contribution in [0.4, 0.5) is 0 Å². The topological polar surface area (TPSA) is 91.8 Å². The van der Waals surface area contributed by atoms with Crippen LogP contribution in [0.5, 0.6) is 0 Å². The summed E-state index contributed by atoms with van der Waals surface area (Å²) in [5, 5.41) is 22.4. The molecule has 0 fully saturated rings. The number of rotatable bonds is 2. The minimum Gasteiger partial charge on any atom is -0.478 e. The molecule has 6 heteroatoms. The molecular formula is C10H8N4O2. The van der Waals surface area contributed by atoms with Crippen molar-refractivity contribution in [2.45, 2.75) is 13.5 Å². The number of aromatic nitrogens is 3. The number of carbonyl (C=O) groups is 1. The second-order valence-electron chi connectivity index (χ2n) is 3.16. The van der Waals surface area contributed by atoms with Gasteiger partial charge >= 0.3 is 5.97 Å². The number of nitriles is 1. The van der Waals surface area contributed by atoms with Crippen molar-refractivity contribution >= 4 is 17.0 Å². The average molecular weight is 216 g/mol. The Morgan fingerprint density at radius 3 is 2.94 bits per heavy atom. The number of carboxylic acid groups (broad SMARTS) is 1. The molecule has 0 bridgehead atoms. The first kappa shape index (κ1) is 10.1. The van der Waals surface area contributed by atoms with E-state index >= 15 is 0 Å². The Balaban J connectivity index is 2.83. The van der Waals surface area contributed by atoms with E-state index < -0.39 is 5.97 Å². The maximum Gasteiger partial charge on any atom is 0.338 e. The fourth-order valence-electron chi connectivity index (χ4n) is 1.54. The van der Waals surface area contributed by atoms with Crippen molar-refractivity contribution < 1.29 is 9.90 Å². The van der Waals surface area contributed by atoms with Crippen LogP contribution in [0.15, 0.2) is 12.4 Å². The molecule has 0 aliphatic rings. The highest BCUT2D eigenvalue weighted by Gasteiger charge is 2.16. The molecule has 2 aromatic rings. The molecule has 2 heterocycles. The second-order valence-corrected chi connectivity index (χ2v) is 3.16. The first-order valence-electron chi connectivity index (χ1n) is 4.67. The molecule has 16 heavy (non-hydrogen) atoms. The highest BCUT2D eigenvalue weighted by atomic mass is 16.4. The monoisotopic (exact) mass is 216 g/mol. The number of hydrogen-bond donors (Lipinski definition) is 1. The van der Waals surface area contributed by atoms with Gasteiger partial charge in [0.2, 0.25) is 0 Å². The zero-order valence-corrected chi connectivity index (χ0v) is 8.51. The van der Waals surface area contributed by atoms with Crippen molar-refractivity contribution in [3.05, 3.63) is 23.5 Å². The van der Waals surface area contributed by atoms with E-state index in [1.165, 1.54) is 12.4 Å². The van der Waals surface area contributed by atoms with Crippen molar-refractivity contribution in [3.63, 3.8) is 0 Å². The van der Waals surface area contributed by atoms with Crippen LogP contribution < -0.4 is 0 Å². The third kappa shape index (κ3) is 1.30. The molecule has 1 N–H and O–H groups in total. The zero-order chi connectivity index (χ0) is 11.7. The highest BCUT2D eigenvalue weighted by Crippen LogP contribution is 2.19. The van der Waals surface area contributed by atoms with Crippen LogP contribution in [0.1, 0.15) is 22.8 Å². The van der Waals surface area contributed by atoms with Gasteiger partial charge in [-0.1, -0.05) is 0 Å². The Bertz CT molecular complexity index is 609. The minimum atomic E-state index is -1.16. The van der Waals surface area contributed by atoms with Crippen LogP contribution in [0.25, 0.3) is 11.0 Å². The molecule has 2 rings (SSSR count). The molecule has 0 atom stereocenters. The summed E-state index contributed by atoms with van der Waals surface area (Å²) < 4.78 is 1.61. The molecule has 0 spiro atoms. The summed E-state index contributed by atoms with van der Waals surface area (Å²) in [6.45, 7) is 2.51. The Labute approximate surface area is 90.7 Å². The van der Waals surface area contributed by atoms with Crippen molar-refractivity contribution in [2.24, 2.45) is 0 Å². The van der Waals surface area contributed by atoms with Gasteiger partial charge in [-0.2, -0.15) is 10.4 Å². The molecule has 0 aromatic carbocycles. The number of pyridine rings is 1. The molecule has 6 nitrogen and oxygen atoms in total. The molecular weight excluding hydrogens is 208 g/mol. The third-order valence-electron chi connectivity index (χ3n) is 2.31. The van der Waals surface area contributed by atoms with E-state index in [-0.39, 0.29) is 11.1 Å². The lowest BCUT2D eigenvalue weighted by molar-refractivity contribution is 0.0696. The largest absolute Gasteiger partial charge is 0.478 e.